The molecule has 68 valence electrons. The van der Waals surface area contributed by atoms with Crippen LogP contribution < -0.4 is 5.32 Å². The topological polar surface area (TPSA) is 12.0 Å². The molecule has 0 amide bonds. The molecule has 0 aliphatic rings. The van der Waals surface area contributed by atoms with Crippen LogP contribution in [0.15, 0.2) is 0 Å². The van der Waals surface area contributed by atoms with Gasteiger partial charge in [-0.15, -0.1) is 0 Å². The minimum atomic E-state index is 0.784. The summed E-state index contributed by atoms with van der Waals surface area (Å²) in [4.78, 5) is 0. The summed E-state index contributed by atoms with van der Waals surface area (Å²) in [7, 11) is 0. The smallest absolute Gasteiger partial charge is 0.00818 e. The molecule has 0 aromatic heterocycles. The molecule has 1 unspecified atom stereocenters. The molecule has 0 saturated heterocycles. The molecule has 0 saturated carbocycles. The van der Waals surface area contributed by atoms with Crippen LogP contribution >= 0.6 is 22.6 Å². The summed E-state index contributed by atoms with van der Waals surface area (Å²) in [5.74, 6) is 0.784. The van der Waals surface area contributed by atoms with Gasteiger partial charge in [0.05, 0.1) is 0 Å². The first-order valence-electron chi connectivity index (χ1n) is 4.47. The van der Waals surface area contributed by atoms with Crippen molar-refractivity contribution in [2.75, 3.05) is 13.1 Å². The third kappa shape index (κ3) is 10.7. The lowest BCUT2D eigenvalue weighted by molar-refractivity contribution is 0.537. The van der Waals surface area contributed by atoms with Crippen molar-refractivity contribution in [3.63, 3.8) is 0 Å². The van der Waals surface area contributed by atoms with Crippen LogP contribution in [0.3, 0.4) is 0 Å². The molecule has 1 atom stereocenters. The summed E-state index contributed by atoms with van der Waals surface area (Å²) < 4.78 is 0.827. The predicted octanol–water partition coefficient (Wildman–Crippen LogP) is 2.84. The van der Waals surface area contributed by atoms with E-state index in [-0.39, 0.29) is 0 Å². The Bertz CT molecular complexity index is 71.6. The number of hydrogen-bond acceptors (Lipinski definition) is 1. The van der Waals surface area contributed by atoms with Crippen LogP contribution in [0, 0.1) is 5.92 Å². The molecular formula is C9H20IN. The van der Waals surface area contributed by atoms with Gasteiger partial charge in [0.15, 0.2) is 0 Å². The molecule has 0 fully saturated rings. The zero-order chi connectivity index (χ0) is 8.69. The van der Waals surface area contributed by atoms with Crippen LogP contribution in [0.2, 0.25) is 0 Å². The maximum atomic E-state index is 3.44. The van der Waals surface area contributed by atoms with Gasteiger partial charge in [-0.1, -0.05) is 43.4 Å². The van der Waals surface area contributed by atoms with E-state index in [9.17, 15) is 0 Å². The van der Waals surface area contributed by atoms with E-state index in [2.05, 4.69) is 48.7 Å². The third-order valence-corrected chi connectivity index (χ3v) is 2.13. The highest BCUT2D eigenvalue weighted by molar-refractivity contribution is 14.1. The molecule has 0 rings (SSSR count). The second-order valence-corrected chi connectivity index (χ2v) is 5.65. The lowest BCUT2D eigenvalue weighted by Gasteiger charge is -2.07. The number of nitrogens with one attached hydrogen (secondary N) is 1. The second-order valence-electron chi connectivity index (χ2n) is 3.52. The van der Waals surface area contributed by atoms with Crippen LogP contribution in [0.4, 0.5) is 0 Å². The Morgan fingerprint density at radius 1 is 1.27 bits per heavy atom. The molecule has 0 aromatic carbocycles. The van der Waals surface area contributed by atoms with Gasteiger partial charge in [0.2, 0.25) is 0 Å². The van der Waals surface area contributed by atoms with Crippen molar-refractivity contribution in [3.8, 4) is 0 Å². The van der Waals surface area contributed by atoms with Crippen molar-refractivity contribution in [3.05, 3.63) is 0 Å². The Balaban J connectivity index is 2.91. The summed E-state index contributed by atoms with van der Waals surface area (Å²) in [5, 5.41) is 3.44. The number of hydrogen-bond donors (Lipinski definition) is 1. The van der Waals surface area contributed by atoms with Gasteiger partial charge >= 0.3 is 0 Å². The van der Waals surface area contributed by atoms with Gasteiger partial charge in [0.1, 0.15) is 0 Å². The van der Waals surface area contributed by atoms with Gasteiger partial charge < -0.3 is 5.32 Å². The van der Waals surface area contributed by atoms with Crippen LogP contribution in [-0.2, 0) is 0 Å². The zero-order valence-electron chi connectivity index (χ0n) is 7.86. The van der Waals surface area contributed by atoms with E-state index in [1.165, 1.54) is 19.4 Å². The molecule has 0 spiro atoms. The van der Waals surface area contributed by atoms with Crippen LogP contribution in [-0.4, -0.2) is 17.0 Å². The molecule has 0 radical (unpaired) electrons. The fourth-order valence-electron chi connectivity index (χ4n) is 0.899. The standard InChI is InChI=1S/C9H20IN/c1-8(2)7-11-6-4-5-9(3)10/h8-9,11H,4-7H2,1-3H3. The van der Waals surface area contributed by atoms with E-state index in [1.54, 1.807) is 0 Å². The molecule has 0 heterocycles. The van der Waals surface area contributed by atoms with E-state index in [4.69, 9.17) is 0 Å². The van der Waals surface area contributed by atoms with Crippen molar-refractivity contribution in [1.82, 2.24) is 5.32 Å². The van der Waals surface area contributed by atoms with Crippen molar-refractivity contribution < 1.29 is 0 Å². The number of alkyl halides is 1. The van der Waals surface area contributed by atoms with E-state index in [0.717, 1.165) is 16.4 Å². The highest BCUT2D eigenvalue weighted by Crippen LogP contribution is 2.05. The van der Waals surface area contributed by atoms with Crippen LogP contribution in [0.25, 0.3) is 0 Å². The molecule has 11 heavy (non-hydrogen) atoms. The Labute approximate surface area is 84.5 Å². The maximum absolute atomic E-state index is 3.44. The molecule has 1 N–H and O–H groups in total. The van der Waals surface area contributed by atoms with Gasteiger partial charge in [0, 0.05) is 3.92 Å². The minimum Gasteiger partial charge on any atom is -0.316 e. The summed E-state index contributed by atoms with van der Waals surface area (Å²) >= 11 is 2.48. The van der Waals surface area contributed by atoms with Gasteiger partial charge in [-0.25, -0.2) is 0 Å². The Kier molecular flexibility index (Phi) is 7.81. The molecule has 0 aliphatic carbocycles. The van der Waals surface area contributed by atoms with Gasteiger partial charge in [-0.05, 0) is 31.8 Å². The first-order valence-corrected chi connectivity index (χ1v) is 5.72. The van der Waals surface area contributed by atoms with Gasteiger partial charge in [0.25, 0.3) is 0 Å². The Morgan fingerprint density at radius 2 is 1.91 bits per heavy atom. The van der Waals surface area contributed by atoms with E-state index in [0.29, 0.717) is 0 Å². The number of halogens is 1. The van der Waals surface area contributed by atoms with Gasteiger partial charge in [-0.3, -0.25) is 0 Å². The highest BCUT2D eigenvalue weighted by Gasteiger charge is 1.95. The third-order valence-electron chi connectivity index (χ3n) is 1.51. The molecule has 1 nitrogen and oxygen atoms in total. The first kappa shape index (κ1) is 11.7. The highest BCUT2D eigenvalue weighted by atomic mass is 127. The van der Waals surface area contributed by atoms with Crippen molar-refractivity contribution >= 4 is 22.6 Å². The molecular weight excluding hydrogens is 249 g/mol. The molecule has 0 bridgehead atoms. The molecule has 0 aliphatic heterocycles. The summed E-state index contributed by atoms with van der Waals surface area (Å²) in [5.41, 5.74) is 0. The van der Waals surface area contributed by atoms with Crippen LogP contribution in [0.5, 0.6) is 0 Å². The number of rotatable bonds is 6. The maximum Gasteiger partial charge on any atom is 0.00818 e. The largest absolute Gasteiger partial charge is 0.316 e. The lowest BCUT2D eigenvalue weighted by atomic mass is 10.2. The van der Waals surface area contributed by atoms with Crippen molar-refractivity contribution in [1.29, 1.82) is 0 Å². The minimum absolute atomic E-state index is 0.784. The van der Waals surface area contributed by atoms with Crippen molar-refractivity contribution in [2.45, 2.75) is 37.5 Å². The van der Waals surface area contributed by atoms with Crippen molar-refractivity contribution in [2.24, 2.45) is 5.92 Å². The molecule has 2 heteroatoms. The predicted molar refractivity (Wildman–Crippen MR) is 60.4 cm³/mol. The zero-order valence-corrected chi connectivity index (χ0v) is 10.0. The first-order chi connectivity index (χ1) is 5.13. The monoisotopic (exact) mass is 269 g/mol. The normalized spacial score (nSPS) is 13.9. The Morgan fingerprint density at radius 3 is 2.36 bits per heavy atom. The second kappa shape index (κ2) is 7.35. The SMILES string of the molecule is CC(C)CNCCCC(C)I. The summed E-state index contributed by atoms with van der Waals surface area (Å²) in [6, 6.07) is 0. The van der Waals surface area contributed by atoms with E-state index < -0.39 is 0 Å². The van der Waals surface area contributed by atoms with E-state index in [1.807, 2.05) is 0 Å². The molecule has 0 aromatic rings. The fourth-order valence-corrected chi connectivity index (χ4v) is 1.34. The Hall–Kier alpha value is 0.690. The lowest BCUT2D eigenvalue weighted by Crippen LogP contribution is -2.21. The fraction of sp³-hybridized carbons (Fsp3) is 1.00. The average molecular weight is 269 g/mol. The van der Waals surface area contributed by atoms with E-state index >= 15 is 0 Å². The summed E-state index contributed by atoms with van der Waals surface area (Å²) in [6.45, 7) is 9.10. The van der Waals surface area contributed by atoms with Gasteiger partial charge in [-0.2, -0.15) is 0 Å². The average Bonchev–Trinajstić information content (AvgIpc) is 1.85. The van der Waals surface area contributed by atoms with Crippen LogP contribution in [0.1, 0.15) is 33.6 Å². The summed E-state index contributed by atoms with van der Waals surface area (Å²) in [6.07, 6.45) is 2.66. The quantitative estimate of drug-likeness (QED) is 0.444.